The van der Waals surface area contributed by atoms with E-state index in [2.05, 4.69) is 0 Å². The first-order valence-electron chi connectivity index (χ1n) is 7.16. The average Bonchev–Trinajstić information content (AvgIpc) is 3.15. The van der Waals surface area contributed by atoms with E-state index in [0.29, 0.717) is 4.90 Å². The van der Waals surface area contributed by atoms with Gasteiger partial charge in [0.05, 0.1) is 16.3 Å². The van der Waals surface area contributed by atoms with Crippen LogP contribution < -0.4 is 0 Å². The van der Waals surface area contributed by atoms with Crippen LogP contribution in [-0.4, -0.2) is 41.7 Å². The van der Waals surface area contributed by atoms with Gasteiger partial charge in [0.15, 0.2) is 0 Å². The predicted molar refractivity (Wildman–Crippen MR) is 86.4 cm³/mol. The fourth-order valence-electron chi connectivity index (χ4n) is 2.56. The molecule has 2 heterocycles. The van der Waals surface area contributed by atoms with E-state index in [4.69, 9.17) is 0 Å². The summed E-state index contributed by atoms with van der Waals surface area (Å²) in [5, 5.41) is -1.01. The Morgan fingerprint density at radius 1 is 1.12 bits per heavy atom. The Labute approximate surface area is 146 Å². The molecule has 1 aliphatic heterocycles. The molecule has 1 aliphatic rings. The molecule has 1 fully saturated rings. The largest absolute Gasteiger partial charge is 0.406 e. The minimum Gasteiger partial charge on any atom is -0.315 e. The van der Waals surface area contributed by atoms with Crippen LogP contribution in [0.15, 0.2) is 53.6 Å². The third kappa shape index (κ3) is 3.54. The lowest BCUT2D eigenvalue weighted by molar-refractivity contribution is -0.160. The zero-order chi connectivity index (χ0) is 18.2. The van der Waals surface area contributed by atoms with Crippen molar-refractivity contribution in [1.82, 2.24) is 8.87 Å². The Balaban J connectivity index is 2.01. The molecule has 1 unspecified atom stereocenters. The lowest BCUT2D eigenvalue weighted by Crippen LogP contribution is -2.37. The van der Waals surface area contributed by atoms with Gasteiger partial charge in [-0.15, -0.1) is 11.8 Å². The molecule has 1 aromatic carbocycles. The van der Waals surface area contributed by atoms with Gasteiger partial charge in [0.25, 0.3) is 10.0 Å². The number of thioether (sulfide) groups is 1. The second kappa shape index (κ2) is 6.41. The molecule has 0 bridgehead atoms. The number of carbonyl (C=O) groups is 1. The molecule has 1 aromatic heterocycles. The fraction of sp³-hybridized carbons (Fsp3) is 0.267. The molecule has 25 heavy (non-hydrogen) atoms. The highest BCUT2D eigenvalue weighted by molar-refractivity contribution is 8.00. The Morgan fingerprint density at radius 3 is 2.44 bits per heavy atom. The van der Waals surface area contributed by atoms with Crippen LogP contribution in [0.1, 0.15) is 11.1 Å². The van der Waals surface area contributed by atoms with Gasteiger partial charge in [-0.25, -0.2) is 12.4 Å². The molecule has 1 saturated heterocycles. The van der Waals surface area contributed by atoms with E-state index < -0.39 is 34.0 Å². The van der Waals surface area contributed by atoms with Crippen molar-refractivity contribution in [3.05, 3.63) is 54.4 Å². The summed E-state index contributed by atoms with van der Waals surface area (Å²) in [6.07, 6.45) is -3.29. The van der Waals surface area contributed by atoms with Crippen LogP contribution in [0.3, 0.4) is 0 Å². The molecule has 2 aromatic rings. The summed E-state index contributed by atoms with van der Waals surface area (Å²) < 4.78 is 64.8. The Bertz CT molecular complexity index is 879. The van der Waals surface area contributed by atoms with Crippen molar-refractivity contribution in [2.75, 3.05) is 12.3 Å². The van der Waals surface area contributed by atoms with Crippen LogP contribution in [-0.2, 0) is 14.8 Å². The average molecular weight is 390 g/mol. The normalized spacial score (nSPS) is 18.8. The van der Waals surface area contributed by atoms with E-state index in [1.165, 1.54) is 30.5 Å². The van der Waals surface area contributed by atoms with Crippen molar-refractivity contribution in [2.24, 2.45) is 0 Å². The number of alkyl halides is 3. The first-order chi connectivity index (χ1) is 11.7. The molecule has 0 spiro atoms. The number of rotatable bonds is 4. The zero-order valence-corrected chi connectivity index (χ0v) is 14.3. The molecule has 0 aliphatic carbocycles. The highest BCUT2D eigenvalue weighted by Crippen LogP contribution is 2.41. The van der Waals surface area contributed by atoms with Crippen molar-refractivity contribution < 1.29 is 26.4 Å². The molecular weight excluding hydrogens is 377 g/mol. The van der Waals surface area contributed by atoms with E-state index >= 15 is 0 Å². The molecule has 0 N–H and O–H groups in total. The second-order valence-electron chi connectivity index (χ2n) is 5.35. The molecule has 134 valence electrons. The lowest BCUT2D eigenvalue weighted by Gasteiger charge is -2.26. The summed E-state index contributed by atoms with van der Waals surface area (Å²) in [5.74, 6) is -0.797. The van der Waals surface area contributed by atoms with E-state index in [9.17, 15) is 26.4 Å². The number of nitrogens with zero attached hydrogens (tertiary/aromatic N) is 2. The number of carbonyl (C=O) groups excluding carboxylic acids is 1. The lowest BCUT2D eigenvalue weighted by atomic mass is 10.3. The number of benzene rings is 1. The number of hydrogen-bond acceptors (Lipinski definition) is 4. The molecule has 10 heteroatoms. The first-order valence-corrected chi connectivity index (χ1v) is 9.65. The molecule has 0 radical (unpaired) electrons. The van der Waals surface area contributed by atoms with E-state index in [0.717, 1.165) is 15.7 Å². The molecule has 1 atom stereocenters. The number of hydrogen-bond donors (Lipinski definition) is 0. The summed E-state index contributed by atoms with van der Waals surface area (Å²) >= 11 is 0.974. The van der Waals surface area contributed by atoms with Gasteiger partial charge in [-0.3, -0.25) is 4.79 Å². The highest BCUT2D eigenvalue weighted by Gasteiger charge is 2.42. The van der Waals surface area contributed by atoms with Gasteiger partial charge in [-0.1, -0.05) is 18.2 Å². The van der Waals surface area contributed by atoms with Crippen molar-refractivity contribution >= 4 is 27.7 Å². The maximum Gasteiger partial charge on any atom is 0.406 e. The molecule has 3 rings (SSSR count). The van der Waals surface area contributed by atoms with Gasteiger partial charge < -0.3 is 4.90 Å². The van der Waals surface area contributed by atoms with Crippen LogP contribution >= 0.6 is 11.8 Å². The highest BCUT2D eigenvalue weighted by atomic mass is 32.2. The summed E-state index contributed by atoms with van der Waals surface area (Å²) in [6.45, 7) is -1.42. The topological polar surface area (TPSA) is 59.4 Å². The Kier molecular flexibility index (Phi) is 4.58. The fourth-order valence-corrected chi connectivity index (χ4v) is 5.22. The van der Waals surface area contributed by atoms with E-state index in [-0.39, 0.29) is 16.3 Å². The van der Waals surface area contributed by atoms with Crippen LogP contribution in [0.2, 0.25) is 0 Å². The second-order valence-corrected chi connectivity index (χ2v) is 8.23. The smallest absolute Gasteiger partial charge is 0.315 e. The van der Waals surface area contributed by atoms with E-state index in [1.807, 2.05) is 0 Å². The quantitative estimate of drug-likeness (QED) is 0.806. The monoisotopic (exact) mass is 390 g/mol. The van der Waals surface area contributed by atoms with Gasteiger partial charge >= 0.3 is 6.18 Å². The zero-order valence-electron chi connectivity index (χ0n) is 12.7. The van der Waals surface area contributed by atoms with Gasteiger partial charge in [-0.05, 0) is 24.3 Å². The van der Waals surface area contributed by atoms with Crippen molar-refractivity contribution in [2.45, 2.75) is 16.4 Å². The Hall–Kier alpha value is -1.94. The predicted octanol–water partition coefficient (Wildman–Crippen LogP) is 2.86. The van der Waals surface area contributed by atoms with Gasteiger partial charge in [0.2, 0.25) is 5.91 Å². The van der Waals surface area contributed by atoms with Crippen molar-refractivity contribution in [1.29, 1.82) is 0 Å². The maximum absolute atomic E-state index is 12.8. The Morgan fingerprint density at radius 2 is 1.80 bits per heavy atom. The molecule has 0 saturated carbocycles. The van der Waals surface area contributed by atoms with E-state index in [1.54, 1.807) is 18.2 Å². The minimum absolute atomic E-state index is 0.0177. The third-order valence-corrected chi connectivity index (χ3v) is 6.56. The van der Waals surface area contributed by atoms with Crippen LogP contribution in [0.25, 0.3) is 0 Å². The number of aromatic nitrogens is 1. The summed E-state index contributed by atoms with van der Waals surface area (Å²) in [7, 11) is -3.96. The summed E-state index contributed by atoms with van der Waals surface area (Å²) in [4.78, 5) is 12.5. The first kappa shape index (κ1) is 17.9. The third-order valence-electron chi connectivity index (χ3n) is 3.61. The van der Waals surface area contributed by atoms with Gasteiger partial charge in [-0.2, -0.15) is 13.2 Å². The summed E-state index contributed by atoms with van der Waals surface area (Å²) in [6, 6.07) is 10.4. The number of halogens is 3. The van der Waals surface area contributed by atoms with Gasteiger partial charge in [0.1, 0.15) is 11.9 Å². The maximum atomic E-state index is 12.8. The van der Waals surface area contributed by atoms with Crippen LogP contribution in [0, 0.1) is 0 Å². The van der Waals surface area contributed by atoms with Crippen molar-refractivity contribution in [3.63, 3.8) is 0 Å². The standard InChI is InChI=1S/C15H13F3N2O3S2/c16-15(17,18)10-19-13(21)9-24-14(19)12-7-4-8-20(12)25(22,23)11-5-2-1-3-6-11/h1-8,14H,9-10H2. The minimum atomic E-state index is -4.56. The molecule has 1 amide bonds. The molecular formula is C15H13F3N2O3S2. The van der Waals surface area contributed by atoms with Crippen molar-refractivity contribution in [3.8, 4) is 0 Å². The molecule has 5 nitrogen and oxygen atoms in total. The summed E-state index contributed by atoms with van der Waals surface area (Å²) in [5.41, 5.74) is 0.115. The van der Waals surface area contributed by atoms with Gasteiger partial charge in [0, 0.05) is 6.20 Å². The number of amides is 1. The SMILES string of the molecule is O=C1CSC(c2cccn2S(=O)(=O)c2ccccc2)N1CC(F)(F)F. The van der Waals surface area contributed by atoms with Crippen LogP contribution in [0.5, 0.6) is 0 Å². The van der Waals surface area contributed by atoms with Crippen LogP contribution in [0.4, 0.5) is 13.2 Å².